The molecule has 0 N–H and O–H groups in total. The summed E-state index contributed by atoms with van der Waals surface area (Å²) < 4.78 is 65.8. The molecule has 2 aliphatic rings. The molecule has 2 aliphatic heterocycles. The molecule has 0 aliphatic carbocycles. The number of hydrogen-bond acceptors (Lipinski definition) is 5. The van der Waals surface area contributed by atoms with Crippen molar-refractivity contribution in [1.29, 1.82) is 0 Å². The van der Waals surface area contributed by atoms with Crippen LogP contribution >= 0.6 is 11.6 Å². The van der Waals surface area contributed by atoms with Gasteiger partial charge in [0.1, 0.15) is 23.0 Å². The van der Waals surface area contributed by atoms with Crippen molar-refractivity contribution in [2.45, 2.75) is 22.2 Å². The van der Waals surface area contributed by atoms with Gasteiger partial charge in [-0.3, -0.25) is 0 Å². The van der Waals surface area contributed by atoms with E-state index in [4.69, 9.17) is 21.1 Å². The maximum atomic E-state index is 14.9. The van der Waals surface area contributed by atoms with Crippen molar-refractivity contribution in [3.63, 3.8) is 0 Å². The molecular weight excluding hydrogens is 414 g/mol. The predicted molar refractivity (Wildman–Crippen MR) is 96.1 cm³/mol. The SMILES string of the molecule is O=CC1OCCC2(S(=O)(=O)c3ccc(Cl)cc3)c3c(F)ccc(F)c3OCC12. The van der Waals surface area contributed by atoms with Crippen LogP contribution in [0.4, 0.5) is 8.78 Å². The second kappa shape index (κ2) is 6.79. The molecule has 3 atom stereocenters. The topological polar surface area (TPSA) is 69.7 Å². The van der Waals surface area contributed by atoms with Crippen molar-refractivity contribution < 1.29 is 31.5 Å². The molecule has 0 aromatic heterocycles. The number of halogens is 3. The van der Waals surface area contributed by atoms with Gasteiger partial charge in [-0.05, 0) is 42.8 Å². The minimum absolute atomic E-state index is 0.107. The molecule has 0 spiro atoms. The molecule has 5 nitrogen and oxygen atoms in total. The van der Waals surface area contributed by atoms with E-state index in [-0.39, 0.29) is 24.5 Å². The normalized spacial score (nSPS) is 26.7. The van der Waals surface area contributed by atoms with Crippen molar-refractivity contribution in [3.05, 3.63) is 58.6 Å². The monoisotopic (exact) mass is 428 g/mol. The standard InChI is InChI=1S/C19H15ClF2O5S/c20-11-1-3-12(4-2-11)28(24,25)19-7-8-26-16(9-23)13(19)10-27-18-15(22)6-5-14(21)17(18)19/h1-6,9,13,16H,7-8,10H2. The van der Waals surface area contributed by atoms with Gasteiger partial charge in [0.05, 0.1) is 23.0 Å². The smallest absolute Gasteiger partial charge is 0.189 e. The average Bonchev–Trinajstić information content (AvgIpc) is 2.69. The first-order valence-corrected chi connectivity index (χ1v) is 10.4. The Morgan fingerprint density at radius 2 is 1.79 bits per heavy atom. The summed E-state index contributed by atoms with van der Waals surface area (Å²) in [4.78, 5) is 11.5. The molecule has 28 heavy (non-hydrogen) atoms. The van der Waals surface area contributed by atoms with Gasteiger partial charge >= 0.3 is 0 Å². The minimum Gasteiger partial charge on any atom is -0.490 e. The maximum absolute atomic E-state index is 14.9. The van der Waals surface area contributed by atoms with E-state index >= 15 is 0 Å². The van der Waals surface area contributed by atoms with Crippen LogP contribution < -0.4 is 4.74 Å². The molecule has 0 bridgehead atoms. The van der Waals surface area contributed by atoms with E-state index in [1.807, 2.05) is 0 Å². The number of hydrogen-bond donors (Lipinski definition) is 0. The second-order valence-corrected chi connectivity index (χ2v) is 9.36. The zero-order chi connectivity index (χ0) is 20.1. The highest BCUT2D eigenvalue weighted by Crippen LogP contribution is 2.55. The Kier molecular flexibility index (Phi) is 4.68. The fraction of sp³-hybridized carbons (Fsp3) is 0.316. The molecule has 2 aromatic rings. The molecule has 9 heteroatoms. The van der Waals surface area contributed by atoms with Crippen LogP contribution in [0.5, 0.6) is 5.75 Å². The summed E-state index contributed by atoms with van der Waals surface area (Å²) in [5.74, 6) is -3.26. The van der Waals surface area contributed by atoms with Gasteiger partial charge in [0.15, 0.2) is 21.4 Å². The van der Waals surface area contributed by atoms with Crippen LogP contribution in [0.15, 0.2) is 41.3 Å². The van der Waals surface area contributed by atoms with Gasteiger partial charge in [-0.1, -0.05) is 11.6 Å². The van der Waals surface area contributed by atoms with Crippen molar-refractivity contribution in [2.75, 3.05) is 13.2 Å². The van der Waals surface area contributed by atoms with E-state index in [1.165, 1.54) is 24.3 Å². The number of carbonyl (C=O) groups excluding carboxylic acids is 1. The zero-order valence-electron chi connectivity index (χ0n) is 14.4. The quantitative estimate of drug-likeness (QED) is 0.702. The number of fused-ring (bicyclic) bond motifs is 3. The molecule has 0 amide bonds. The Morgan fingerprint density at radius 1 is 1.11 bits per heavy atom. The summed E-state index contributed by atoms with van der Waals surface area (Å²) in [6, 6.07) is 7.16. The van der Waals surface area contributed by atoms with Crippen LogP contribution in [0, 0.1) is 17.6 Å². The number of aldehydes is 1. The van der Waals surface area contributed by atoms with E-state index in [0.29, 0.717) is 11.3 Å². The molecule has 2 heterocycles. The third-order valence-electron chi connectivity index (χ3n) is 5.41. The van der Waals surface area contributed by atoms with E-state index < -0.39 is 49.6 Å². The van der Waals surface area contributed by atoms with Crippen molar-refractivity contribution in [3.8, 4) is 5.75 Å². The van der Waals surface area contributed by atoms with Crippen LogP contribution in [0.3, 0.4) is 0 Å². The first-order valence-electron chi connectivity index (χ1n) is 8.51. The van der Waals surface area contributed by atoms with E-state index in [1.54, 1.807) is 0 Å². The number of carbonyl (C=O) groups is 1. The molecule has 0 saturated carbocycles. The largest absolute Gasteiger partial charge is 0.490 e. The molecule has 4 rings (SSSR count). The number of sulfone groups is 1. The lowest BCUT2D eigenvalue weighted by atomic mass is 9.76. The Labute approximate surface area is 165 Å². The van der Waals surface area contributed by atoms with Gasteiger partial charge in [-0.2, -0.15) is 0 Å². The Hall–Kier alpha value is -2.03. The van der Waals surface area contributed by atoms with Crippen LogP contribution in [0.1, 0.15) is 12.0 Å². The lowest BCUT2D eigenvalue weighted by Crippen LogP contribution is -2.58. The van der Waals surface area contributed by atoms with Gasteiger partial charge in [-0.25, -0.2) is 17.2 Å². The fourth-order valence-electron chi connectivity index (χ4n) is 4.12. The highest BCUT2D eigenvalue weighted by Gasteiger charge is 2.61. The zero-order valence-corrected chi connectivity index (χ0v) is 16.0. The molecule has 1 fully saturated rings. The number of benzene rings is 2. The second-order valence-electron chi connectivity index (χ2n) is 6.72. The third-order valence-corrected chi connectivity index (χ3v) is 8.22. The summed E-state index contributed by atoms with van der Waals surface area (Å²) in [6.07, 6.45) is -0.808. The lowest BCUT2D eigenvalue weighted by molar-refractivity contribution is -0.131. The fourth-order valence-corrected chi connectivity index (χ4v) is 6.57. The predicted octanol–water partition coefficient (Wildman–Crippen LogP) is 3.28. The van der Waals surface area contributed by atoms with Gasteiger partial charge in [-0.15, -0.1) is 0 Å². The van der Waals surface area contributed by atoms with Crippen LogP contribution in [-0.2, 0) is 24.1 Å². The highest BCUT2D eigenvalue weighted by molar-refractivity contribution is 7.92. The van der Waals surface area contributed by atoms with Crippen LogP contribution in [0.25, 0.3) is 0 Å². The van der Waals surface area contributed by atoms with Gasteiger partial charge in [0.25, 0.3) is 0 Å². The van der Waals surface area contributed by atoms with Gasteiger partial charge < -0.3 is 14.3 Å². The van der Waals surface area contributed by atoms with Crippen LogP contribution in [0.2, 0.25) is 5.02 Å². The first-order chi connectivity index (χ1) is 13.3. The summed E-state index contributed by atoms with van der Waals surface area (Å²) in [7, 11) is -4.28. The van der Waals surface area contributed by atoms with Gasteiger partial charge in [0.2, 0.25) is 0 Å². The molecule has 0 radical (unpaired) electrons. The summed E-state index contributed by atoms with van der Waals surface area (Å²) >= 11 is 5.87. The Bertz CT molecular complexity index is 1040. The minimum atomic E-state index is -4.28. The number of rotatable bonds is 3. The van der Waals surface area contributed by atoms with Crippen LogP contribution in [-0.4, -0.2) is 34.0 Å². The van der Waals surface area contributed by atoms with E-state index in [0.717, 1.165) is 12.1 Å². The molecule has 148 valence electrons. The van der Waals surface area contributed by atoms with Crippen molar-refractivity contribution in [2.24, 2.45) is 5.92 Å². The Morgan fingerprint density at radius 3 is 2.46 bits per heavy atom. The molecule has 2 aromatic carbocycles. The van der Waals surface area contributed by atoms with E-state index in [2.05, 4.69) is 0 Å². The summed E-state index contributed by atoms with van der Waals surface area (Å²) in [5.41, 5.74) is -0.395. The lowest BCUT2D eigenvalue weighted by Gasteiger charge is -2.48. The third kappa shape index (κ3) is 2.58. The highest BCUT2D eigenvalue weighted by atomic mass is 35.5. The Balaban J connectivity index is 2.05. The average molecular weight is 429 g/mol. The van der Waals surface area contributed by atoms with Crippen molar-refractivity contribution in [1.82, 2.24) is 0 Å². The van der Waals surface area contributed by atoms with Gasteiger partial charge in [0, 0.05) is 11.6 Å². The molecule has 1 saturated heterocycles. The summed E-state index contributed by atoms with van der Waals surface area (Å²) in [6.45, 7) is -0.411. The maximum Gasteiger partial charge on any atom is 0.189 e. The van der Waals surface area contributed by atoms with E-state index in [9.17, 15) is 22.0 Å². The number of ether oxygens (including phenoxy) is 2. The molecular formula is C19H15ClF2O5S. The molecule has 3 unspecified atom stereocenters. The first kappa shape index (κ1) is 19.3. The van der Waals surface area contributed by atoms with Crippen molar-refractivity contribution >= 4 is 27.7 Å². The summed E-state index contributed by atoms with van der Waals surface area (Å²) in [5, 5.41) is 0.329.